The first-order chi connectivity index (χ1) is 9.20. The molecule has 2 aromatic rings. The van der Waals surface area contributed by atoms with Crippen LogP contribution in [0, 0.1) is 0 Å². The lowest BCUT2D eigenvalue weighted by Crippen LogP contribution is -2.06. The third kappa shape index (κ3) is 3.41. The topological polar surface area (TPSA) is 60.8 Å². The third-order valence-corrected chi connectivity index (χ3v) is 3.02. The highest BCUT2D eigenvalue weighted by atomic mass is 35.5. The molecule has 0 saturated heterocycles. The molecular weight excluding hydrogens is 260 g/mol. The van der Waals surface area contributed by atoms with Crippen molar-refractivity contribution in [1.29, 1.82) is 0 Å². The smallest absolute Gasteiger partial charge is 0.0621 e. The lowest BCUT2D eigenvalue weighted by Gasteiger charge is -2.17. The Kier molecular flexibility index (Phi) is 4.29. The number of hydrogen-bond acceptors (Lipinski definition) is 2. The maximum Gasteiger partial charge on any atom is 0.0621 e. The van der Waals surface area contributed by atoms with Gasteiger partial charge in [-0.05, 0) is 36.2 Å². The molecule has 2 aromatic carbocycles. The third-order valence-electron chi connectivity index (χ3n) is 2.78. The Morgan fingerprint density at radius 1 is 1.21 bits per heavy atom. The Bertz CT molecular complexity index is 606. The second-order valence-corrected chi connectivity index (χ2v) is 4.56. The molecule has 0 heterocycles. The minimum absolute atomic E-state index is 0.106. The summed E-state index contributed by atoms with van der Waals surface area (Å²) in [5.41, 5.74) is 11.0. The second-order valence-electron chi connectivity index (χ2n) is 4.13. The lowest BCUT2D eigenvalue weighted by molar-refractivity contribution is 0.885. The van der Waals surface area contributed by atoms with Crippen molar-refractivity contribution in [2.45, 2.75) is 13.0 Å². The fourth-order valence-corrected chi connectivity index (χ4v) is 1.98. The van der Waals surface area contributed by atoms with Gasteiger partial charge in [0, 0.05) is 21.7 Å². The fraction of sp³-hybridized carbons (Fsp3) is 0.143. The summed E-state index contributed by atoms with van der Waals surface area (Å²) in [6, 6.07) is 15.4. The van der Waals surface area contributed by atoms with E-state index in [4.69, 9.17) is 17.1 Å². The average Bonchev–Trinajstić information content (AvgIpc) is 2.43. The van der Waals surface area contributed by atoms with Crippen molar-refractivity contribution in [3.8, 4) is 0 Å². The number of halogens is 1. The van der Waals surface area contributed by atoms with E-state index in [2.05, 4.69) is 15.3 Å². The number of nitrogens with zero attached hydrogens (tertiary/aromatic N) is 3. The number of azide groups is 1. The molecule has 1 atom stereocenters. The van der Waals surface area contributed by atoms with Crippen molar-refractivity contribution >= 4 is 23.0 Å². The number of nitrogens with one attached hydrogen (secondary N) is 1. The first kappa shape index (κ1) is 13.3. The lowest BCUT2D eigenvalue weighted by atomic mass is 10.1. The van der Waals surface area contributed by atoms with Gasteiger partial charge in [0.05, 0.1) is 5.69 Å². The summed E-state index contributed by atoms with van der Waals surface area (Å²) in [5, 5.41) is 7.51. The van der Waals surface area contributed by atoms with Gasteiger partial charge in [-0.15, -0.1) is 0 Å². The Balaban J connectivity index is 2.26. The van der Waals surface area contributed by atoms with E-state index in [-0.39, 0.29) is 6.04 Å². The van der Waals surface area contributed by atoms with Crippen LogP contribution in [0.1, 0.15) is 18.5 Å². The van der Waals surface area contributed by atoms with Crippen molar-refractivity contribution in [2.24, 2.45) is 5.11 Å². The van der Waals surface area contributed by atoms with E-state index in [9.17, 15) is 0 Å². The van der Waals surface area contributed by atoms with Gasteiger partial charge >= 0.3 is 0 Å². The second kappa shape index (κ2) is 6.14. The monoisotopic (exact) mass is 272 g/mol. The Hall–Kier alpha value is -2.16. The van der Waals surface area contributed by atoms with Crippen molar-refractivity contribution in [2.75, 3.05) is 5.32 Å². The highest BCUT2D eigenvalue weighted by Gasteiger charge is 2.07. The van der Waals surface area contributed by atoms with Crippen molar-refractivity contribution in [3.05, 3.63) is 69.6 Å². The van der Waals surface area contributed by atoms with Gasteiger partial charge in [0.2, 0.25) is 0 Å². The van der Waals surface area contributed by atoms with Gasteiger partial charge in [-0.25, -0.2) is 0 Å². The molecule has 2 rings (SSSR count). The van der Waals surface area contributed by atoms with Gasteiger partial charge in [0.25, 0.3) is 0 Å². The van der Waals surface area contributed by atoms with Crippen molar-refractivity contribution < 1.29 is 0 Å². The molecule has 0 aliphatic carbocycles. The number of hydrogen-bond donors (Lipinski definition) is 1. The summed E-state index contributed by atoms with van der Waals surface area (Å²) >= 11 is 5.90. The van der Waals surface area contributed by atoms with Gasteiger partial charge in [-0.3, -0.25) is 0 Å². The maximum absolute atomic E-state index is 8.57. The van der Waals surface area contributed by atoms with Crippen LogP contribution in [-0.2, 0) is 0 Å². The van der Waals surface area contributed by atoms with Gasteiger partial charge in [0.1, 0.15) is 0 Å². The molecule has 0 spiro atoms. The van der Waals surface area contributed by atoms with E-state index in [1.807, 2.05) is 43.3 Å². The van der Waals surface area contributed by atoms with Crippen LogP contribution in [0.25, 0.3) is 10.4 Å². The van der Waals surface area contributed by atoms with E-state index >= 15 is 0 Å². The van der Waals surface area contributed by atoms with E-state index in [0.29, 0.717) is 10.7 Å². The largest absolute Gasteiger partial charge is 0.378 e. The number of anilines is 1. The molecule has 0 bridgehead atoms. The van der Waals surface area contributed by atoms with Crippen LogP contribution in [0.5, 0.6) is 0 Å². The normalized spacial score (nSPS) is 11.5. The summed E-state index contributed by atoms with van der Waals surface area (Å²) in [4.78, 5) is 2.81. The molecule has 0 aliphatic rings. The van der Waals surface area contributed by atoms with Gasteiger partial charge in [0.15, 0.2) is 0 Å². The predicted molar refractivity (Wildman–Crippen MR) is 78.7 cm³/mol. The van der Waals surface area contributed by atoms with Crippen LogP contribution in [0.15, 0.2) is 53.6 Å². The molecule has 1 N–H and O–H groups in total. The molecule has 0 radical (unpaired) electrons. The maximum atomic E-state index is 8.57. The van der Waals surface area contributed by atoms with Crippen LogP contribution in [0.2, 0.25) is 5.02 Å². The molecule has 0 saturated carbocycles. The standard InChI is InChI=1S/C14H13ClN4/c1-10(11-5-3-2-4-6-11)17-13-8-7-12(15)9-14(13)18-19-16/h2-10,17H,1H3. The summed E-state index contributed by atoms with van der Waals surface area (Å²) in [5.74, 6) is 0. The van der Waals surface area contributed by atoms with Crippen molar-refractivity contribution in [3.63, 3.8) is 0 Å². The Morgan fingerprint density at radius 2 is 1.95 bits per heavy atom. The molecule has 96 valence electrons. The minimum Gasteiger partial charge on any atom is -0.378 e. The molecular formula is C14H13ClN4. The summed E-state index contributed by atoms with van der Waals surface area (Å²) in [7, 11) is 0. The summed E-state index contributed by atoms with van der Waals surface area (Å²) in [6.07, 6.45) is 0. The first-order valence-electron chi connectivity index (χ1n) is 5.87. The van der Waals surface area contributed by atoms with Crippen molar-refractivity contribution in [1.82, 2.24) is 0 Å². The van der Waals surface area contributed by atoms with Gasteiger partial charge < -0.3 is 5.32 Å². The van der Waals surface area contributed by atoms with Crippen LogP contribution in [-0.4, -0.2) is 0 Å². The molecule has 0 fully saturated rings. The minimum atomic E-state index is 0.106. The molecule has 0 aliphatic heterocycles. The zero-order valence-electron chi connectivity index (χ0n) is 10.4. The van der Waals surface area contributed by atoms with Crippen LogP contribution < -0.4 is 5.32 Å². The number of benzene rings is 2. The van der Waals surface area contributed by atoms with E-state index in [1.165, 1.54) is 0 Å². The first-order valence-corrected chi connectivity index (χ1v) is 6.24. The summed E-state index contributed by atoms with van der Waals surface area (Å²) < 4.78 is 0. The zero-order chi connectivity index (χ0) is 13.7. The molecule has 4 nitrogen and oxygen atoms in total. The highest BCUT2D eigenvalue weighted by Crippen LogP contribution is 2.31. The van der Waals surface area contributed by atoms with Gasteiger partial charge in [-0.1, -0.05) is 47.0 Å². The molecule has 0 amide bonds. The Morgan fingerprint density at radius 3 is 2.63 bits per heavy atom. The van der Waals surface area contributed by atoms with E-state index in [0.717, 1.165) is 11.3 Å². The molecule has 1 unspecified atom stereocenters. The Labute approximate surface area is 116 Å². The average molecular weight is 273 g/mol. The molecule has 19 heavy (non-hydrogen) atoms. The zero-order valence-corrected chi connectivity index (χ0v) is 11.2. The summed E-state index contributed by atoms with van der Waals surface area (Å²) in [6.45, 7) is 2.05. The van der Waals surface area contributed by atoms with Crippen LogP contribution >= 0.6 is 11.6 Å². The number of rotatable bonds is 4. The fourth-order valence-electron chi connectivity index (χ4n) is 1.82. The SMILES string of the molecule is CC(Nc1ccc(Cl)cc1N=[N+]=[N-])c1ccccc1. The van der Waals surface area contributed by atoms with E-state index in [1.54, 1.807) is 12.1 Å². The molecule has 0 aromatic heterocycles. The van der Waals surface area contributed by atoms with Crippen LogP contribution in [0.4, 0.5) is 11.4 Å². The molecule has 5 heteroatoms. The van der Waals surface area contributed by atoms with E-state index < -0.39 is 0 Å². The highest BCUT2D eigenvalue weighted by molar-refractivity contribution is 6.31. The van der Waals surface area contributed by atoms with Crippen LogP contribution in [0.3, 0.4) is 0 Å². The van der Waals surface area contributed by atoms with Gasteiger partial charge in [-0.2, -0.15) is 0 Å². The predicted octanol–water partition coefficient (Wildman–Crippen LogP) is 5.45. The quantitative estimate of drug-likeness (QED) is 0.449.